The monoisotopic (exact) mass is 814 g/mol. The van der Waals surface area contributed by atoms with E-state index in [1.807, 2.05) is 6.08 Å². The molecule has 0 saturated heterocycles. The summed E-state index contributed by atoms with van der Waals surface area (Å²) in [5.41, 5.74) is 0. The molecule has 5 nitrogen and oxygen atoms in total. The fourth-order valence-corrected chi connectivity index (χ4v) is 7.62. The van der Waals surface area contributed by atoms with Crippen molar-refractivity contribution in [3.63, 3.8) is 0 Å². The van der Waals surface area contributed by atoms with Crippen LogP contribution in [0, 0.1) is 0 Å². The number of aliphatic hydroxyl groups is 3. The highest BCUT2D eigenvalue weighted by atomic mass is 16.3. The van der Waals surface area contributed by atoms with Crippen LogP contribution < -0.4 is 5.32 Å². The van der Waals surface area contributed by atoms with Gasteiger partial charge in [-0.2, -0.15) is 0 Å². The number of amides is 1. The van der Waals surface area contributed by atoms with Crippen LogP contribution in [0.1, 0.15) is 258 Å². The number of carbonyl (C=O) groups is 1. The number of rotatable bonds is 46. The quantitative estimate of drug-likeness (QED) is 0.0364. The first-order chi connectivity index (χ1) is 28.6. The standard InChI is InChI=1S/C53H99NO4/c1-3-5-7-9-11-13-15-17-19-21-23-24-25-26-27-28-30-31-33-35-37-39-41-43-45-47-51(56)50(49-55)54-53(58)52(57)48-46-44-42-40-38-36-34-32-29-22-20-18-16-14-12-10-8-6-4-2/h29-32,37,39,45,47,50-52,55-57H,3-28,33-36,38,40-44,46,48-49H2,1-2H3,(H,54,58)/b31-30+,32-29-,39-37+,47-45+. The van der Waals surface area contributed by atoms with Crippen LogP contribution >= 0.6 is 0 Å². The number of allylic oxidation sites excluding steroid dienone is 7. The molecule has 0 heterocycles. The first-order valence-electron chi connectivity index (χ1n) is 25.5. The van der Waals surface area contributed by atoms with Crippen LogP contribution in [0.15, 0.2) is 48.6 Å². The van der Waals surface area contributed by atoms with Crippen molar-refractivity contribution in [3.8, 4) is 0 Å². The minimum Gasteiger partial charge on any atom is -0.394 e. The van der Waals surface area contributed by atoms with Gasteiger partial charge < -0.3 is 20.6 Å². The van der Waals surface area contributed by atoms with Gasteiger partial charge in [0.15, 0.2) is 0 Å². The molecule has 340 valence electrons. The summed E-state index contributed by atoms with van der Waals surface area (Å²) in [6.07, 6.45) is 63.1. The van der Waals surface area contributed by atoms with Crippen LogP contribution in [-0.4, -0.2) is 46.1 Å². The Morgan fingerprint density at radius 1 is 0.414 bits per heavy atom. The van der Waals surface area contributed by atoms with E-state index < -0.39 is 24.2 Å². The summed E-state index contributed by atoms with van der Waals surface area (Å²) in [5.74, 6) is -0.521. The van der Waals surface area contributed by atoms with E-state index >= 15 is 0 Å². The van der Waals surface area contributed by atoms with Gasteiger partial charge in [0.25, 0.3) is 0 Å². The third-order valence-corrected chi connectivity index (χ3v) is 11.6. The molecule has 0 aliphatic rings. The van der Waals surface area contributed by atoms with E-state index in [1.54, 1.807) is 6.08 Å². The van der Waals surface area contributed by atoms with E-state index in [4.69, 9.17) is 0 Å². The molecule has 3 atom stereocenters. The Hall–Kier alpha value is -1.69. The van der Waals surface area contributed by atoms with Crippen molar-refractivity contribution in [1.82, 2.24) is 5.32 Å². The predicted molar refractivity (Wildman–Crippen MR) is 254 cm³/mol. The van der Waals surface area contributed by atoms with Gasteiger partial charge in [0.2, 0.25) is 5.91 Å². The first-order valence-corrected chi connectivity index (χ1v) is 25.5. The maximum Gasteiger partial charge on any atom is 0.249 e. The lowest BCUT2D eigenvalue weighted by molar-refractivity contribution is -0.131. The molecule has 0 fully saturated rings. The van der Waals surface area contributed by atoms with Crippen LogP contribution in [0.4, 0.5) is 0 Å². The highest BCUT2D eigenvalue weighted by Crippen LogP contribution is 2.15. The molecule has 0 aromatic heterocycles. The van der Waals surface area contributed by atoms with E-state index in [2.05, 4.69) is 55.6 Å². The molecule has 0 aliphatic carbocycles. The minimum atomic E-state index is -1.12. The number of aliphatic hydroxyl groups excluding tert-OH is 3. The average molecular weight is 814 g/mol. The Balaban J connectivity index is 3.70. The number of carbonyl (C=O) groups excluding carboxylic acids is 1. The molecule has 0 saturated carbocycles. The summed E-state index contributed by atoms with van der Waals surface area (Å²) >= 11 is 0. The van der Waals surface area contributed by atoms with Gasteiger partial charge >= 0.3 is 0 Å². The Bertz CT molecular complexity index is 943. The molecule has 0 aromatic carbocycles. The second-order valence-electron chi connectivity index (χ2n) is 17.4. The summed E-state index contributed by atoms with van der Waals surface area (Å²) in [6.45, 7) is 4.18. The predicted octanol–water partition coefficient (Wildman–Crippen LogP) is 15.3. The summed E-state index contributed by atoms with van der Waals surface area (Å²) < 4.78 is 0. The highest BCUT2D eigenvalue weighted by Gasteiger charge is 2.22. The van der Waals surface area contributed by atoms with Gasteiger partial charge in [-0.25, -0.2) is 0 Å². The Morgan fingerprint density at radius 2 is 0.707 bits per heavy atom. The van der Waals surface area contributed by atoms with E-state index in [0.717, 1.165) is 51.4 Å². The Morgan fingerprint density at radius 3 is 1.05 bits per heavy atom. The highest BCUT2D eigenvalue weighted by molar-refractivity contribution is 5.80. The second kappa shape index (κ2) is 48.0. The van der Waals surface area contributed by atoms with Gasteiger partial charge in [-0.05, 0) is 70.6 Å². The summed E-state index contributed by atoms with van der Waals surface area (Å²) in [5, 5.41) is 33.2. The van der Waals surface area contributed by atoms with E-state index in [1.165, 1.54) is 186 Å². The van der Waals surface area contributed by atoms with E-state index in [-0.39, 0.29) is 6.61 Å². The van der Waals surface area contributed by atoms with Crippen molar-refractivity contribution in [2.75, 3.05) is 6.61 Å². The number of hydrogen-bond donors (Lipinski definition) is 4. The SMILES string of the molecule is CCCCCCCCCCC/C=C\CCCCCCCCC(O)C(=O)NC(CO)C(O)/C=C/CC/C=C/CC/C=C/CCCCCCCCCCCCCCCCC. The maximum absolute atomic E-state index is 12.5. The topological polar surface area (TPSA) is 89.8 Å². The number of nitrogens with one attached hydrogen (secondary N) is 1. The van der Waals surface area contributed by atoms with Crippen LogP contribution in [-0.2, 0) is 4.79 Å². The van der Waals surface area contributed by atoms with Crippen molar-refractivity contribution in [2.24, 2.45) is 0 Å². The van der Waals surface area contributed by atoms with Crippen molar-refractivity contribution in [3.05, 3.63) is 48.6 Å². The smallest absolute Gasteiger partial charge is 0.249 e. The van der Waals surface area contributed by atoms with Crippen LogP contribution in [0.25, 0.3) is 0 Å². The van der Waals surface area contributed by atoms with Gasteiger partial charge in [-0.3, -0.25) is 4.79 Å². The van der Waals surface area contributed by atoms with Crippen molar-refractivity contribution >= 4 is 5.91 Å². The zero-order chi connectivity index (χ0) is 42.3. The molecule has 4 N–H and O–H groups in total. The molecule has 5 heteroatoms. The van der Waals surface area contributed by atoms with E-state index in [9.17, 15) is 20.1 Å². The zero-order valence-corrected chi connectivity index (χ0v) is 38.7. The molecule has 0 spiro atoms. The lowest BCUT2D eigenvalue weighted by Crippen LogP contribution is -2.48. The van der Waals surface area contributed by atoms with Gasteiger partial charge in [-0.1, -0.05) is 236 Å². The number of unbranched alkanes of at least 4 members (excludes halogenated alkanes) is 32. The Labute approximate surface area is 361 Å². The van der Waals surface area contributed by atoms with Gasteiger partial charge in [0.05, 0.1) is 18.8 Å². The lowest BCUT2D eigenvalue weighted by atomic mass is 10.0. The van der Waals surface area contributed by atoms with Crippen LogP contribution in [0.2, 0.25) is 0 Å². The molecule has 0 aliphatic heterocycles. The van der Waals surface area contributed by atoms with Gasteiger partial charge in [-0.15, -0.1) is 0 Å². The molecular weight excluding hydrogens is 715 g/mol. The lowest BCUT2D eigenvalue weighted by Gasteiger charge is -2.21. The molecular formula is C53H99NO4. The summed E-state index contributed by atoms with van der Waals surface area (Å²) in [4.78, 5) is 12.5. The largest absolute Gasteiger partial charge is 0.394 e. The first kappa shape index (κ1) is 56.3. The fraction of sp³-hybridized carbons (Fsp3) is 0.830. The maximum atomic E-state index is 12.5. The van der Waals surface area contributed by atoms with Crippen molar-refractivity contribution < 1.29 is 20.1 Å². The van der Waals surface area contributed by atoms with Crippen molar-refractivity contribution in [2.45, 2.75) is 276 Å². The molecule has 0 radical (unpaired) electrons. The van der Waals surface area contributed by atoms with E-state index in [0.29, 0.717) is 6.42 Å². The minimum absolute atomic E-state index is 0.384. The molecule has 0 bridgehead atoms. The van der Waals surface area contributed by atoms with Crippen molar-refractivity contribution in [1.29, 1.82) is 0 Å². The normalized spacial score (nSPS) is 13.8. The molecule has 58 heavy (non-hydrogen) atoms. The average Bonchev–Trinajstić information content (AvgIpc) is 3.23. The zero-order valence-electron chi connectivity index (χ0n) is 38.7. The molecule has 1 amide bonds. The third-order valence-electron chi connectivity index (χ3n) is 11.6. The third kappa shape index (κ3) is 42.4. The molecule has 3 unspecified atom stereocenters. The molecule has 0 aromatic rings. The number of hydrogen-bond acceptors (Lipinski definition) is 4. The summed E-state index contributed by atoms with van der Waals surface area (Å²) in [6, 6.07) is -0.825. The molecule has 0 rings (SSSR count). The van der Waals surface area contributed by atoms with Gasteiger partial charge in [0.1, 0.15) is 6.10 Å². The van der Waals surface area contributed by atoms with Crippen LogP contribution in [0.3, 0.4) is 0 Å². The Kier molecular flexibility index (Phi) is 46.6. The summed E-state index contributed by atoms with van der Waals surface area (Å²) in [7, 11) is 0. The second-order valence-corrected chi connectivity index (χ2v) is 17.4. The van der Waals surface area contributed by atoms with Gasteiger partial charge in [0, 0.05) is 0 Å². The van der Waals surface area contributed by atoms with Crippen LogP contribution in [0.5, 0.6) is 0 Å². The fourth-order valence-electron chi connectivity index (χ4n) is 7.62.